The lowest BCUT2D eigenvalue weighted by Gasteiger charge is -2.30. The average Bonchev–Trinajstić information content (AvgIpc) is 2.73. The zero-order chi connectivity index (χ0) is 21.9. The highest BCUT2D eigenvalue weighted by Crippen LogP contribution is 2.19. The van der Waals surface area contributed by atoms with Crippen molar-refractivity contribution < 1.29 is 14.0 Å². The Morgan fingerprint density at radius 2 is 1.90 bits per heavy atom. The van der Waals surface area contributed by atoms with E-state index >= 15 is 0 Å². The second-order valence-corrected chi connectivity index (χ2v) is 8.30. The number of benzene rings is 2. The zero-order valence-electron chi connectivity index (χ0n) is 18.0. The van der Waals surface area contributed by atoms with Crippen LogP contribution in [-0.2, 0) is 21.9 Å². The van der Waals surface area contributed by atoms with Gasteiger partial charge in [0.15, 0.2) is 0 Å². The molecule has 0 heterocycles. The fourth-order valence-corrected chi connectivity index (χ4v) is 4.14. The standard InChI is InChI=1S/C24H31FN2O2S/c1-4-13-26-24(29)22(5-2)27(15-19-10-8-9-18(3)14-19)23(28)17-30-16-20-11-6-7-12-21(20)25/h6-12,14,22H,4-5,13,15-17H2,1-3H3,(H,26,29). The fourth-order valence-electron chi connectivity index (χ4n) is 3.24. The first-order valence-electron chi connectivity index (χ1n) is 10.4. The molecule has 4 nitrogen and oxygen atoms in total. The van der Waals surface area contributed by atoms with Crippen LogP contribution in [0.1, 0.15) is 43.4 Å². The van der Waals surface area contributed by atoms with Gasteiger partial charge < -0.3 is 10.2 Å². The topological polar surface area (TPSA) is 49.4 Å². The van der Waals surface area contributed by atoms with Crippen molar-refractivity contribution in [1.29, 1.82) is 0 Å². The van der Waals surface area contributed by atoms with Gasteiger partial charge in [0.05, 0.1) is 5.75 Å². The third kappa shape index (κ3) is 7.17. The Hall–Kier alpha value is -2.34. The number of carbonyl (C=O) groups is 2. The van der Waals surface area contributed by atoms with Crippen LogP contribution in [0.5, 0.6) is 0 Å². The van der Waals surface area contributed by atoms with E-state index in [4.69, 9.17) is 0 Å². The monoisotopic (exact) mass is 430 g/mol. The summed E-state index contributed by atoms with van der Waals surface area (Å²) in [5.41, 5.74) is 2.68. The molecule has 2 amide bonds. The number of nitrogens with one attached hydrogen (secondary N) is 1. The smallest absolute Gasteiger partial charge is 0.242 e. The van der Waals surface area contributed by atoms with Crippen LogP contribution >= 0.6 is 11.8 Å². The largest absolute Gasteiger partial charge is 0.354 e. The Kier molecular flexibility index (Phi) is 9.87. The number of halogens is 1. The molecule has 0 aromatic heterocycles. The number of hydrogen-bond donors (Lipinski definition) is 1. The summed E-state index contributed by atoms with van der Waals surface area (Å²) in [6.07, 6.45) is 1.37. The predicted octanol–water partition coefficient (Wildman–Crippen LogP) is 4.70. The van der Waals surface area contributed by atoms with Crippen LogP contribution in [-0.4, -0.2) is 35.1 Å². The molecule has 2 aromatic rings. The summed E-state index contributed by atoms with van der Waals surface area (Å²) >= 11 is 1.37. The lowest BCUT2D eigenvalue weighted by molar-refractivity contribution is -0.139. The van der Waals surface area contributed by atoms with E-state index in [1.54, 1.807) is 23.1 Å². The van der Waals surface area contributed by atoms with Gasteiger partial charge in [-0.2, -0.15) is 0 Å². The number of aryl methyl sites for hydroxylation is 1. The maximum atomic E-state index is 13.8. The molecule has 2 rings (SSSR count). The van der Waals surface area contributed by atoms with Gasteiger partial charge in [-0.05, 0) is 37.0 Å². The van der Waals surface area contributed by atoms with Crippen LogP contribution in [0.15, 0.2) is 48.5 Å². The van der Waals surface area contributed by atoms with Crippen molar-refractivity contribution in [3.05, 3.63) is 71.0 Å². The van der Waals surface area contributed by atoms with Crippen molar-refractivity contribution in [3.63, 3.8) is 0 Å². The molecule has 1 N–H and O–H groups in total. The number of carbonyl (C=O) groups excluding carboxylic acids is 2. The van der Waals surface area contributed by atoms with Gasteiger partial charge in [0.25, 0.3) is 0 Å². The SMILES string of the molecule is CCCNC(=O)C(CC)N(Cc1cccc(C)c1)C(=O)CSCc1ccccc1F. The molecule has 162 valence electrons. The van der Waals surface area contributed by atoms with Crippen molar-refractivity contribution in [2.24, 2.45) is 0 Å². The van der Waals surface area contributed by atoms with Gasteiger partial charge in [0.1, 0.15) is 11.9 Å². The van der Waals surface area contributed by atoms with Gasteiger partial charge >= 0.3 is 0 Å². The van der Waals surface area contributed by atoms with Crippen molar-refractivity contribution >= 4 is 23.6 Å². The van der Waals surface area contributed by atoms with Crippen molar-refractivity contribution in [2.45, 2.75) is 52.0 Å². The van der Waals surface area contributed by atoms with E-state index in [9.17, 15) is 14.0 Å². The maximum Gasteiger partial charge on any atom is 0.242 e. The van der Waals surface area contributed by atoms with E-state index in [0.29, 0.717) is 30.8 Å². The Labute approximate surface area is 183 Å². The number of rotatable bonds is 11. The second kappa shape index (κ2) is 12.4. The highest BCUT2D eigenvalue weighted by atomic mass is 32.2. The van der Waals surface area contributed by atoms with Crippen LogP contribution in [0.3, 0.4) is 0 Å². The second-order valence-electron chi connectivity index (χ2n) is 7.31. The summed E-state index contributed by atoms with van der Waals surface area (Å²) in [5, 5.41) is 2.92. The molecule has 0 radical (unpaired) electrons. The van der Waals surface area contributed by atoms with E-state index in [-0.39, 0.29) is 23.4 Å². The highest BCUT2D eigenvalue weighted by molar-refractivity contribution is 7.99. The van der Waals surface area contributed by atoms with E-state index in [2.05, 4.69) is 5.32 Å². The first kappa shape index (κ1) is 23.9. The van der Waals surface area contributed by atoms with Crippen LogP contribution in [0.25, 0.3) is 0 Å². The number of amides is 2. The lowest BCUT2D eigenvalue weighted by Crippen LogP contribution is -2.49. The summed E-state index contributed by atoms with van der Waals surface area (Å²) in [5.74, 6) is 0.1000. The normalized spacial score (nSPS) is 11.7. The molecule has 1 atom stereocenters. The lowest BCUT2D eigenvalue weighted by atomic mass is 10.1. The molecule has 2 aromatic carbocycles. The van der Waals surface area contributed by atoms with Gasteiger partial charge in [-0.3, -0.25) is 9.59 Å². The van der Waals surface area contributed by atoms with Crippen molar-refractivity contribution in [1.82, 2.24) is 10.2 Å². The molecule has 30 heavy (non-hydrogen) atoms. The fraction of sp³-hybridized carbons (Fsp3) is 0.417. The van der Waals surface area contributed by atoms with Gasteiger partial charge in [0.2, 0.25) is 11.8 Å². The quantitative estimate of drug-likeness (QED) is 0.562. The Morgan fingerprint density at radius 3 is 2.57 bits per heavy atom. The molecule has 0 saturated carbocycles. The van der Waals surface area contributed by atoms with Gasteiger partial charge in [0, 0.05) is 18.8 Å². The zero-order valence-corrected chi connectivity index (χ0v) is 18.8. The third-order valence-corrected chi connectivity index (χ3v) is 5.78. The highest BCUT2D eigenvalue weighted by Gasteiger charge is 2.28. The predicted molar refractivity (Wildman–Crippen MR) is 122 cm³/mol. The summed E-state index contributed by atoms with van der Waals surface area (Å²) < 4.78 is 13.8. The number of hydrogen-bond acceptors (Lipinski definition) is 3. The number of nitrogens with zero attached hydrogens (tertiary/aromatic N) is 1. The maximum absolute atomic E-state index is 13.8. The minimum Gasteiger partial charge on any atom is -0.354 e. The Balaban J connectivity index is 2.12. The summed E-state index contributed by atoms with van der Waals surface area (Å²) in [6.45, 7) is 6.88. The minimum atomic E-state index is -0.529. The van der Waals surface area contributed by atoms with E-state index in [1.165, 1.54) is 17.8 Å². The average molecular weight is 431 g/mol. The van der Waals surface area contributed by atoms with Crippen LogP contribution < -0.4 is 5.32 Å². The van der Waals surface area contributed by atoms with Crippen LogP contribution in [0, 0.1) is 12.7 Å². The van der Waals surface area contributed by atoms with Crippen LogP contribution in [0.4, 0.5) is 4.39 Å². The van der Waals surface area contributed by atoms with E-state index < -0.39 is 6.04 Å². The van der Waals surface area contributed by atoms with Gasteiger partial charge in [-0.1, -0.05) is 61.9 Å². The Bertz CT molecular complexity index is 843. The third-order valence-electron chi connectivity index (χ3n) is 4.81. The van der Waals surface area contributed by atoms with Crippen LogP contribution in [0.2, 0.25) is 0 Å². The van der Waals surface area contributed by atoms with Crippen molar-refractivity contribution in [3.8, 4) is 0 Å². The molecule has 0 aliphatic rings. The molecule has 0 fully saturated rings. The van der Waals surface area contributed by atoms with E-state index in [1.807, 2.05) is 45.0 Å². The summed E-state index contributed by atoms with van der Waals surface area (Å²) in [7, 11) is 0. The van der Waals surface area contributed by atoms with Gasteiger partial charge in [-0.15, -0.1) is 11.8 Å². The molecule has 0 bridgehead atoms. The molecular weight excluding hydrogens is 399 g/mol. The Morgan fingerprint density at radius 1 is 1.13 bits per heavy atom. The molecule has 1 unspecified atom stereocenters. The molecule has 0 aliphatic carbocycles. The summed E-state index contributed by atoms with van der Waals surface area (Å²) in [6, 6.07) is 14.0. The first-order valence-corrected chi connectivity index (χ1v) is 11.6. The molecule has 6 heteroatoms. The summed E-state index contributed by atoms with van der Waals surface area (Å²) in [4.78, 5) is 27.5. The molecule has 0 spiro atoms. The minimum absolute atomic E-state index is 0.114. The van der Waals surface area contributed by atoms with E-state index in [0.717, 1.165) is 17.5 Å². The molecule has 0 saturated heterocycles. The van der Waals surface area contributed by atoms with Gasteiger partial charge in [-0.25, -0.2) is 4.39 Å². The molecular formula is C24H31FN2O2S. The van der Waals surface area contributed by atoms with Crippen molar-refractivity contribution in [2.75, 3.05) is 12.3 Å². The number of thioether (sulfide) groups is 1. The molecule has 0 aliphatic heterocycles. The first-order chi connectivity index (χ1) is 14.5.